The zero-order valence-electron chi connectivity index (χ0n) is 13.2. The van der Waals surface area contributed by atoms with Crippen molar-refractivity contribution in [3.05, 3.63) is 12.0 Å². The molecular weight excluding hydrogens is 268 g/mol. The number of rotatable bonds is 5. The summed E-state index contributed by atoms with van der Waals surface area (Å²) in [5.74, 6) is 1.17. The summed E-state index contributed by atoms with van der Waals surface area (Å²) in [5, 5.41) is 7.88. The van der Waals surface area contributed by atoms with E-state index in [-0.39, 0.29) is 11.7 Å². The van der Waals surface area contributed by atoms with E-state index in [9.17, 15) is 4.79 Å². The molecule has 0 radical (unpaired) electrons. The fraction of sp³-hybridized carbons (Fsp3) is 0.571. The molecule has 2 rings (SSSR count). The number of hydrogen-bond donors (Lipinski definition) is 1. The molecular formula is C14H22N6O. The van der Waals surface area contributed by atoms with Crippen LogP contribution in [0, 0.1) is 5.92 Å². The van der Waals surface area contributed by atoms with E-state index in [1.165, 1.54) is 0 Å². The Bertz CT molecular complexity index is 646. The highest BCUT2D eigenvalue weighted by atomic mass is 16.2. The van der Waals surface area contributed by atoms with Gasteiger partial charge in [0.05, 0.1) is 11.6 Å². The van der Waals surface area contributed by atoms with Gasteiger partial charge in [-0.05, 0) is 12.3 Å². The summed E-state index contributed by atoms with van der Waals surface area (Å²) in [5.41, 5.74) is 0.655. The molecule has 1 N–H and O–H groups in total. The van der Waals surface area contributed by atoms with Crippen LogP contribution in [0.3, 0.4) is 0 Å². The summed E-state index contributed by atoms with van der Waals surface area (Å²) in [4.78, 5) is 22.7. The van der Waals surface area contributed by atoms with E-state index < -0.39 is 0 Å². The van der Waals surface area contributed by atoms with Crippen molar-refractivity contribution in [2.24, 2.45) is 13.0 Å². The fourth-order valence-electron chi connectivity index (χ4n) is 2.00. The van der Waals surface area contributed by atoms with Gasteiger partial charge in [-0.2, -0.15) is 5.10 Å². The van der Waals surface area contributed by atoms with Crippen LogP contribution in [0.1, 0.15) is 30.9 Å². The molecule has 0 aliphatic carbocycles. The van der Waals surface area contributed by atoms with Gasteiger partial charge in [0.25, 0.3) is 5.91 Å². The summed E-state index contributed by atoms with van der Waals surface area (Å²) in [6.45, 7) is 4.86. The largest absolute Gasteiger partial charge is 0.362 e. The van der Waals surface area contributed by atoms with E-state index in [4.69, 9.17) is 0 Å². The van der Waals surface area contributed by atoms with Crippen molar-refractivity contribution < 1.29 is 4.79 Å². The molecule has 0 saturated heterocycles. The van der Waals surface area contributed by atoms with Gasteiger partial charge in [0.1, 0.15) is 5.82 Å². The van der Waals surface area contributed by atoms with Crippen LogP contribution in [-0.4, -0.2) is 46.3 Å². The molecule has 2 aromatic rings. The lowest BCUT2D eigenvalue weighted by Gasteiger charge is -2.13. The van der Waals surface area contributed by atoms with Gasteiger partial charge in [0.2, 0.25) is 5.82 Å². The van der Waals surface area contributed by atoms with Crippen molar-refractivity contribution in [2.75, 3.05) is 25.5 Å². The highest BCUT2D eigenvalue weighted by Crippen LogP contribution is 2.21. The molecule has 0 atom stereocenters. The summed E-state index contributed by atoms with van der Waals surface area (Å²) in [7, 11) is 5.57. The van der Waals surface area contributed by atoms with E-state index in [1.807, 2.05) is 19.0 Å². The van der Waals surface area contributed by atoms with Gasteiger partial charge in [0, 0.05) is 27.7 Å². The molecule has 0 fully saturated rings. The zero-order chi connectivity index (χ0) is 15.6. The predicted molar refractivity (Wildman–Crippen MR) is 82.4 cm³/mol. The van der Waals surface area contributed by atoms with E-state index in [0.29, 0.717) is 23.9 Å². The van der Waals surface area contributed by atoms with Crippen LogP contribution in [0.2, 0.25) is 0 Å². The summed E-state index contributed by atoms with van der Waals surface area (Å²) < 4.78 is 1.65. The predicted octanol–water partition coefficient (Wildman–Crippen LogP) is 1.21. The number of nitrogens with one attached hydrogen (secondary N) is 1. The van der Waals surface area contributed by atoms with E-state index in [2.05, 4.69) is 34.2 Å². The maximum absolute atomic E-state index is 12.2. The minimum atomic E-state index is -0.248. The highest BCUT2D eigenvalue weighted by molar-refractivity contribution is 5.95. The molecule has 0 saturated carbocycles. The molecule has 0 aromatic carbocycles. The van der Waals surface area contributed by atoms with Crippen LogP contribution in [0.5, 0.6) is 0 Å². The Morgan fingerprint density at radius 2 is 2.10 bits per heavy atom. The monoisotopic (exact) mass is 290 g/mol. The van der Waals surface area contributed by atoms with Crippen molar-refractivity contribution >= 4 is 22.8 Å². The molecule has 114 valence electrons. The first-order chi connectivity index (χ1) is 9.90. The maximum atomic E-state index is 12.2. The van der Waals surface area contributed by atoms with Crippen molar-refractivity contribution in [1.29, 1.82) is 0 Å². The Hall–Kier alpha value is -2.18. The SMILES string of the molecule is CC(C)CCNC(=O)c1nc(N(C)C)c2cnn(C)c2n1. The number of fused-ring (bicyclic) bond motifs is 1. The van der Waals surface area contributed by atoms with Gasteiger partial charge < -0.3 is 10.2 Å². The Morgan fingerprint density at radius 3 is 2.71 bits per heavy atom. The molecule has 21 heavy (non-hydrogen) atoms. The van der Waals surface area contributed by atoms with Gasteiger partial charge >= 0.3 is 0 Å². The molecule has 1 amide bonds. The standard InChI is InChI=1S/C14H22N6O/c1-9(2)6-7-15-14(21)11-17-12(19(3)4)10-8-16-20(5)13(10)18-11/h8-9H,6-7H2,1-5H3,(H,15,21). The molecule has 2 heterocycles. The third-order valence-corrected chi connectivity index (χ3v) is 3.21. The minimum absolute atomic E-state index is 0.179. The van der Waals surface area contributed by atoms with Crippen LogP contribution in [-0.2, 0) is 7.05 Å². The van der Waals surface area contributed by atoms with Crippen LogP contribution < -0.4 is 10.2 Å². The Balaban J connectivity index is 2.31. The second kappa shape index (κ2) is 6.07. The topological polar surface area (TPSA) is 75.9 Å². The van der Waals surface area contributed by atoms with Crippen LogP contribution in [0.15, 0.2) is 6.20 Å². The molecule has 7 heteroatoms. The Labute approximate surface area is 124 Å². The first kappa shape index (κ1) is 15.2. The third-order valence-electron chi connectivity index (χ3n) is 3.21. The molecule has 0 bridgehead atoms. The molecule has 0 aliphatic heterocycles. The molecule has 7 nitrogen and oxygen atoms in total. The van der Waals surface area contributed by atoms with Crippen molar-refractivity contribution in [3.8, 4) is 0 Å². The molecule has 0 unspecified atom stereocenters. The van der Waals surface area contributed by atoms with Crippen molar-refractivity contribution in [1.82, 2.24) is 25.1 Å². The van der Waals surface area contributed by atoms with Crippen LogP contribution >= 0.6 is 0 Å². The Kier molecular flexibility index (Phi) is 4.40. The lowest BCUT2D eigenvalue weighted by atomic mass is 10.1. The summed E-state index contributed by atoms with van der Waals surface area (Å²) >= 11 is 0. The van der Waals surface area contributed by atoms with Crippen molar-refractivity contribution in [3.63, 3.8) is 0 Å². The van der Waals surface area contributed by atoms with E-state index in [0.717, 1.165) is 11.8 Å². The molecule has 2 aromatic heterocycles. The first-order valence-corrected chi connectivity index (χ1v) is 7.05. The average Bonchev–Trinajstić information content (AvgIpc) is 2.79. The Morgan fingerprint density at radius 1 is 1.38 bits per heavy atom. The lowest BCUT2D eigenvalue weighted by molar-refractivity contribution is 0.0942. The second-order valence-electron chi connectivity index (χ2n) is 5.71. The van der Waals surface area contributed by atoms with Gasteiger partial charge in [-0.1, -0.05) is 13.8 Å². The first-order valence-electron chi connectivity index (χ1n) is 7.05. The number of aromatic nitrogens is 4. The fourth-order valence-corrected chi connectivity index (χ4v) is 2.00. The minimum Gasteiger partial charge on any atom is -0.362 e. The molecule has 0 aliphatic rings. The van der Waals surface area contributed by atoms with Gasteiger partial charge in [0.15, 0.2) is 5.65 Å². The average molecular weight is 290 g/mol. The zero-order valence-corrected chi connectivity index (χ0v) is 13.2. The van der Waals surface area contributed by atoms with E-state index >= 15 is 0 Å². The third kappa shape index (κ3) is 3.29. The van der Waals surface area contributed by atoms with E-state index in [1.54, 1.807) is 17.9 Å². The number of carbonyl (C=O) groups is 1. The maximum Gasteiger partial charge on any atom is 0.289 e. The second-order valence-corrected chi connectivity index (χ2v) is 5.71. The number of anilines is 1. The van der Waals surface area contributed by atoms with Gasteiger partial charge in [-0.3, -0.25) is 9.48 Å². The summed E-state index contributed by atoms with van der Waals surface area (Å²) in [6.07, 6.45) is 2.64. The number of amides is 1. The highest BCUT2D eigenvalue weighted by Gasteiger charge is 2.17. The van der Waals surface area contributed by atoms with Gasteiger partial charge in [-0.25, -0.2) is 9.97 Å². The van der Waals surface area contributed by atoms with Crippen molar-refractivity contribution in [2.45, 2.75) is 20.3 Å². The smallest absolute Gasteiger partial charge is 0.289 e. The number of nitrogens with zero attached hydrogens (tertiary/aromatic N) is 5. The van der Waals surface area contributed by atoms with Crippen LogP contribution in [0.4, 0.5) is 5.82 Å². The molecule has 0 spiro atoms. The number of carbonyl (C=O) groups excluding carboxylic acids is 1. The lowest BCUT2D eigenvalue weighted by Crippen LogP contribution is -2.28. The summed E-state index contributed by atoms with van der Waals surface area (Å²) in [6, 6.07) is 0. The number of aryl methyl sites for hydroxylation is 1. The quantitative estimate of drug-likeness (QED) is 0.895. The van der Waals surface area contributed by atoms with Gasteiger partial charge in [-0.15, -0.1) is 0 Å². The number of hydrogen-bond acceptors (Lipinski definition) is 5. The van der Waals surface area contributed by atoms with Crippen LogP contribution in [0.25, 0.3) is 11.0 Å². The normalized spacial score (nSPS) is 11.1.